The van der Waals surface area contributed by atoms with Gasteiger partial charge in [-0.2, -0.15) is 0 Å². The number of nitrogens with one attached hydrogen (secondary N) is 1. The van der Waals surface area contributed by atoms with Gasteiger partial charge in [-0.1, -0.05) is 0 Å². The summed E-state index contributed by atoms with van der Waals surface area (Å²) in [5.41, 5.74) is -0.853. The van der Waals surface area contributed by atoms with Gasteiger partial charge in [0.05, 0.1) is 12.0 Å². The molecular formula is C18H33NO4. The Morgan fingerprint density at radius 2 is 1.52 bits per heavy atom. The number of ether oxygens (including phenoxy) is 2. The molecule has 0 aromatic rings. The smallest absolute Gasteiger partial charge is 0.408 e. The normalized spacial score (nSPS) is 22.6. The van der Waals surface area contributed by atoms with Crippen molar-refractivity contribution in [1.82, 2.24) is 5.32 Å². The van der Waals surface area contributed by atoms with Crippen LogP contribution < -0.4 is 5.32 Å². The van der Waals surface area contributed by atoms with E-state index in [1.165, 1.54) is 0 Å². The quantitative estimate of drug-likeness (QED) is 0.791. The molecule has 134 valence electrons. The van der Waals surface area contributed by atoms with Gasteiger partial charge in [-0.3, -0.25) is 4.79 Å². The van der Waals surface area contributed by atoms with E-state index < -0.39 is 5.60 Å². The van der Waals surface area contributed by atoms with E-state index in [9.17, 15) is 9.59 Å². The zero-order valence-corrected chi connectivity index (χ0v) is 15.7. The van der Waals surface area contributed by atoms with Gasteiger partial charge in [0.1, 0.15) is 5.60 Å². The van der Waals surface area contributed by atoms with Gasteiger partial charge in [0.25, 0.3) is 0 Å². The number of carbonyl (C=O) groups excluding carboxylic acids is 2. The van der Waals surface area contributed by atoms with Crippen LogP contribution in [0, 0.1) is 11.8 Å². The lowest BCUT2D eigenvalue weighted by Crippen LogP contribution is -2.51. The summed E-state index contributed by atoms with van der Waals surface area (Å²) >= 11 is 0. The van der Waals surface area contributed by atoms with E-state index in [1.807, 2.05) is 48.5 Å². The molecule has 0 aromatic heterocycles. The van der Waals surface area contributed by atoms with Crippen LogP contribution in [0.2, 0.25) is 0 Å². The van der Waals surface area contributed by atoms with Gasteiger partial charge in [-0.15, -0.1) is 0 Å². The number of alkyl carbamates (subject to hydrolysis) is 1. The highest BCUT2D eigenvalue weighted by atomic mass is 16.6. The number of rotatable bonds is 4. The second-order valence-electron chi connectivity index (χ2n) is 8.38. The number of hydrogen-bond donors (Lipinski definition) is 1. The van der Waals surface area contributed by atoms with Gasteiger partial charge in [0.2, 0.25) is 0 Å². The van der Waals surface area contributed by atoms with Gasteiger partial charge in [-0.05, 0) is 80.1 Å². The minimum atomic E-state index is -0.502. The Hall–Kier alpha value is -1.26. The number of carbonyl (C=O) groups is 2. The summed E-state index contributed by atoms with van der Waals surface area (Å²) < 4.78 is 10.6. The zero-order chi connectivity index (χ0) is 17.8. The monoisotopic (exact) mass is 327 g/mol. The lowest BCUT2D eigenvalue weighted by molar-refractivity contribution is -0.154. The Balaban J connectivity index is 2.51. The van der Waals surface area contributed by atoms with E-state index in [0.717, 1.165) is 25.7 Å². The van der Waals surface area contributed by atoms with Crippen LogP contribution >= 0.6 is 0 Å². The fourth-order valence-corrected chi connectivity index (χ4v) is 3.05. The molecule has 5 heteroatoms. The minimum Gasteiger partial charge on any atom is -0.463 e. The molecule has 0 aromatic carbocycles. The SMILES string of the molecule is CC(C)OC(=O)C1CCC(C(C)(C)NC(=O)OC(C)(C)C)CC1. The van der Waals surface area contributed by atoms with Crippen LogP contribution in [0.4, 0.5) is 4.79 Å². The van der Waals surface area contributed by atoms with E-state index >= 15 is 0 Å². The third-order valence-electron chi connectivity index (χ3n) is 4.26. The highest BCUT2D eigenvalue weighted by Crippen LogP contribution is 2.36. The molecule has 0 aliphatic heterocycles. The van der Waals surface area contributed by atoms with Crippen LogP contribution in [-0.4, -0.2) is 29.3 Å². The second-order valence-corrected chi connectivity index (χ2v) is 8.38. The van der Waals surface area contributed by atoms with Gasteiger partial charge in [0, 0.05) is 5.54 Å². The van der Waals surface area contributed by atoms with Crippen molar-refractivity contribution < 1.29 is 19.1 Å². The largest absolute Gasteiger partial charge is 0.463 e. The number of hydrogen-bond acceptors (Lipinski definition) is 4. The fourth-order valence-electron chi connectivity index (χ4n) is 3.05. The van der Waals surface area contributed by atoms with Crippen molar-refractivity contribution in [2.24, 2.45) is 11.8 Å². The summed E-state index contributed by atoms with van der Waals surface area (Å²) in [5, 5.41) is 2.98. The predicted molar refractivity (Wildman–Crippen MR) is 90.1 cm³/mol. The third-order valence-corrected chi connectivity index (χ3v) is 4.26. The van der Waals surface area contributed by atoms with Gasteiger partial charge in [0.15, 0.2) is 0 Å². The second kappa shape index (κ2) is 7.54. The van der Waals surface area contributed by atoms with E-state index in [-0.39, 0.29) is 29.6 Å². The average Bonchev–Trinajstić information content (AvgIpc) is 2.35. The molecule has 0 bridgehead atoms. The van der Waals surface area contributed by atoms with Crippen LogP contribution in [-0.2, 0) is 14.3 Å². The van der Waals surface area contributed by atoms with Crippen molar-refractivity contribution in [3.63, 3.8) is 0 Å². The first-order valence-electron chi connectivity index (χ1n) is 8.62. The first-order valence-corrected chi connectivity index (χ1v) is 8.62. The summed E-state index contributed by atoms with van der Waals surface area (Å²) in [6, 6.07) is 0. The Labute approximate surface area is 140 Å². The van der Waals surface area contributed by atoms with Crippen molar-refractivity contribution in [2.75, 3.05) is 0 Å². The minimum absolute atomic E-state index is 0.00835. The van der Waals surface area contributed by atoms with Crippen molar-refractivity contribution in [3.8, 4) is 0 Å². The Kier molecular flexibility index (Phi) is 6.49. The summed E-state index contributed by atoms with van der Waals surface area (Å²) in [7, 11) is 0. The summed E-state index contributed by atoms with van der Waals surface area (Å²) in [6.45, 7) is 13.3. The van der Waals surface area contributed by atoms with Gasteiger partial charge in [-0.25, -0.2) is 4.79 Å². The summed E-state index contributed by atoms with van der Waals surface area (Å²) in [5.74, 6) is 0.237. The first kappa shape index (κ1) is 19.8. The maximum Gasteiger partial charge on any atom is 0.408 e. The van der Waals surface area contributed by atoms with Gasteiger partial charge >= 0.3 is 12.1 Å². The Morgan fingerprint density at radius 1 is 1.00 bits per heavy atom. The summed E-state index contributed by atoms with van der Waals surface area (Å²) in [6.07, 6.45) is 2.99. The van der Waals surface area contributed by atoms with E-state index in [0.29, 0.717) is 5.92 Å². The van der Waals surface area contributed by atoms with Crippen LogP contribution in [0.1, 0.15) is 74.1 Å². The third kappa shape index (κ3) is 6.80. The average molecular weight is 327 g/mol. The molecule has 0 unspecified atom stereocenters. The standard InChI is InChI=1S/C18H33NO4/c1-12(2)22-15(20)13-8-10-14(11-9-13)18(6,7)19-16(21)23-17(3,4)5/h12-14H,8-11H2,1-7H3,(H,19,21). The van der Waals surface area contributed by atoms with E-state index in [4.69, 9.17) is 9.47 Å². The Morgan fingerprint density at radius 3 is 1.96 bits per heavy atom. The molecule has 0 spiro atoms. The van der Waals surface area contributed by atoms with E-state index in [1.54, 1.807) is 0 Å². The zero-order valence-electron chi connectivity index (χ0n) is 15.7. The number of esters is 1. The van der Waals surface area contributed by atoms with Crippen molar-refractivity contribution in [3.05, 3.63) is 0 Å². The molecule has 1 rings (SSSR count). The number of amides is 1. The highest BCUT2D eigenvalue weighted by Gasteiger charge is 2.37. The van der Waals surface area contributed by atoms with Crippen molar-refractivity contribution in [2.45, 2.75) is 91.4 Å². The molecule has 1 saturated carbocycles. The van der Waals surface area contributed by atoms with E-state index in [2.05, 4.69) is 5.32 Å². The molecule has 0 heterocycles. The molecule has 0 saturated heterocycles. The topological polar surface area (TPSA) is 64.6 Å². The molecule has 1 amide bonds. The molecule has 0 radical (unpaired) electrons. The Bertz CT molecular complexity index is 415. The van der Waals surface area contributed by atoms with Crippen LogP contribution in [0.5, 0.6) is 0 Å². The first-order chi connectivity index (χ1) is 10.4. The lowest BCUT2D eigenvalue weighted by Gasteiger charge is -2.39. The van der Waals surface area contributed by atoms with Gasteiger partial charge < -0.3 is 14.8 Å². The van der Waals surface area contributed by atoms with Crippen LogP contribution in [0.3, 0.4) is 0 Å². The van der Waals surface area contributed by atoms with Crippen molar-refractivity contribution >= 4 is 12.1 Å². The molecule has 1 aliphatic rings. The summed E-state index contributed by atoms with van der Waals surface area (Å²) in [4.78, 5) is 24.0. The van der Waals surface area contributed by atoms with Crippen molar-refractivity contribution in [1.29, 1.82) is 0 Å². The molecule has 1 N–H and O–H groups in total. The fraction of sp³-hybridized carbons (Fsp3) is 0.889. The van der Waals surface area contributed by atoms with Crippen LogP contribution in [0.15, 0.2) is 0 Å². The molecular weight excluding hydrogens is 294 g/mol. The molecule has 1 fully saturated rings. The maximum absolute atomic E-state index is 12.0. The predicted octanol–water partition coefficient (Wildman–Crippen LogP) is 4.05. The molecule has 0 atom stereocenters. The van der Waals surface area contributed by atoms with Crippen LogP contribution in [0.25, 0.3) is 0 Å². The lowest BCUT2D eigenvalue weighted by atomic mass is 9.73. The molecule has 1 aliphatic carbocycles. The molecule has 5 nitrogen and oxygen atoms in total. The maximum atomic E-state index is 12.0. The highest BCUT2D eigenvalue weighted by molar-refractivity contribution is 5.72. The molecule has 23 heavy (non-hydrogen) atoms.